The van der Waals surface area contributed by atoms with Crippen LogP contribution in [0.3, 0.4) is 0 Å². The lowest BCUT2D eigenvalue weighted by molar-refractivity contribution is 0.433. The number of hydrogen-bond acceptors (Lipinski definition) is 3. The fraction of sp³-hybridized carbons (Fsp3) is 0.733. The molecular weight excluding hydrogens is 222 g/mol. The van der Waals surface area contributed by atoms with E-state index < -0.39 is 0 Å². The number of nitrogens with zero attached hydrogens (tertiary/aromatic N) is 2. The quantitative estimate of drug-likeness (QED) is 0.891. The van der Waals surface area contributed by atoms with Gasteiger partial charge in [-0.2, -0.15) is 0 Å². The Morgan fingerprint density at radius 2 is 1.94 bits per heavy atom. The third kappa shape index (κ3) is 2.16. The summed E-state index contributed by atoms with van der Waals surface area (Å²) in [6, 6.07) is 2.19. The van der Waals surface area contributed by atoms with Crippen LogP contribution in [0.2, 0.25) is 0 Å². The lowest BCUT2D eigenvalue weighted by atomic mass is 9.86. The summed E-state index contributed by atoms with van der Waals surface area (Å²) in [4.78, 5) is 9.51. The maximum absolute atomic E-state index is 5.90. The van der Waals surface area contributed by atoms with Crippen LogP contribution in [0.1, 0.15) is 68.1 Å². The van der Waals surface area contributed by atoms with Gasteiger partial charge in [0.2, 0.25) is 0 Å². The number of hydrogen-bond donors (Lipinski definition) is 1. The number of rotatable bonds is 3. The molecule has 2 N–H and O–H groups in total. The van der Waals surface area contributed by atoms with Gasteiger partial charge in [0.05, 0.1) is 0 Å². The Bertz CT molecular complexity index is 431. The molecule has 2 aliphatic rings. The van der Waals surface area contributed by atoms with Crippen LogP contribution in [0.5, 0.6) is 0 Å². The molecule has 0 saturated heterocycles. The molecule has 0 aliphatic heterocycles. The molecule has 18 heavy (non-hydrogen) atoms. The molecule has 0 radical (unpaired) electrons. The SMILES string of the molecule is Cc1cc(C2CCCCC2)nc(C2(CN)CC2)n1. The maximum Gasteiger partial charge on any atom is 0.136 e. The monoisotopic (exact) mass is 245 g/mol. The Labute approximate surface area is 109 Å². The van der Waals surface area contributed by atoms with Crippen LogP contribution in [0.15, 0.2) is 6.07 Å². The zero-order valence-corrected chi connectivity index (χ0v) is 11.3. The first kappa shape index (κ1) is 12.1. The van der Waals surface area contributed by atoms with E-state index in [2.05, 4.69) is 18.0 Å². The minimum Gasteiger partial charge on any atom is -0.329 e. The molecule has 1 heterocycles. The summed E-state index contributed by atoms with van der Waals surface area (Å²) < 4.78 is 0. The third-order valence-electron chi connectivity index (χ3n) is 4.62. The van der Waals surface area contributed by atoms with Crippen molar-refractivity contribution in [1.82, 2.24) is 9.97 Å². The van der Waals surface area contributed by atoms with Crippen molar-refractivity contribution in [3.8, 4) is 0 Å². The highest BCUT2D eigenvalue weighted by Gasteiger charge is 2.46. The minimum atomic E-state index is 0.120. The number of aromatic nitrogens is 2. The van der Waals surface area contributed by atoms with Crippen molar-refractivity contribution in [3.05, 3.63) is 23.3 Å². The molecule has 3 nitrogen and oxygen atoms in total. The van der Waals surface area contributed by atoms with E-state index in [-0.39, 0.29) is 5.41 Å². The highest BCUT2D eigenvalue weighted by atomic mass is 14.9. The van der Waals surface area contributed by atoms with Crippen LogP contribution in [-0.2, 0) is 5.41 Å². The van der Waals surface area contributed by atoms with Crippen molar-refractivity contribution in [2.45, 2.75) is 63.2 Å². The predicted octanol–water partition coefficient (Wildman–Crippen LogP) is 2.82. The van der Waals surface area contributed by atoms with Crippen molar-refractivity contribution in [2.75, 3.05) is 6.54 Å². The average molecular weight is 245 g/mol. The smallest absolute Gasteiger partial charge is 0.136 e. The summed E-state index contributed by atoms with van der Waals surface area (Å²) in [5.74, 6) is 1.68. The zero-order chi connectivity index (χ0) is 12.6. The topological polar surface area (TPSA) is 51.8 Å². The maximum atomic E-state index is 5.90. The summed E-state index contributed by atoms with van der Waals surface area (Å²) in [5, 5.41) is 0. The molecule has 3 heteroatoms. The molecule has 0 aromatic carbocycles. The summed E-state index contributed by atoms with van der Waals surface area (Å²) in [6.07, 6.45) is 9.02. The lowest BCUT2D eigenvalue weighted by Gasteiger charge is -2.22. The fourth-order valence-corrected chi connectivity index (χ4v) is 3.11. The summed E-state index contributed by atoms with van der Waals surface area (Å²) >= 11 is 0. The molecule has 3 rings (SSSR count). The van der Waals surface area contributed by atoms with Gasteiger partial charge in [0, 0.05) is 29.3 Å². The molecule has 0 atom stereocenters. The number of nitrogens with two attached hydrogens (primary N) is 1. The van der Waals surface area contributed by atoms with Gasteiger partial charge < -0.3 is 5.73 Å². The first-order chi connectivity index (χ1) is 8.73. The van der Waals surface area contributed by atoms with Crippen LogP contribution in [0, 0.1) is 6.92 Å². The van der Waals surface area contributed by atoms with Crippen molar-refractivity contribution in [2.24, 2.45) is 5.73 Å². The molecular formula is C15H23N3. The van der Waals surface area contributed by atoms with Crippen molar-refractivity contribution in [3.63, 3.8) is 0 Å². The van der Waals surface area contributed by atoms with E-state index >= 15 is 0 Å². The first-order valence-electron chi connectivity index (χ1n) is 7.30. The van der Waals surface area contributed by atoms with Crippen LogP contribution in [-0.4, -0.2) is 16.5 Å². The lowest BCUT2D eigenvalue weighted by Crippen LogP contribution is -2.24. The highest BCUT2D eigenvalue weighted by molar-refractivity contribution is 5.24. The van der Waals surface area contributed by atoms with E-state index in [4.69, 9.17) is 10.7 Å². The van der Waals surface area contributed by atoms with E-state index in [1.807, 2.05) is 0 Å². The summed E-state index contributed by atoms with van der Waals surface area (Å²) in [7, 11) is 0. The van der Waals surface area contributed by atoms with Gasteiger partial charge in [-0.1, -0.05) is 19.3 Å². The summed E-state index contributed by atoms with van der Waals surface area (Å²) in [6.45, 7) is 2.78. The minimum absolute atomic E-state index is 0.120. The van der Waals surface area contributed by atoms with Crippen molar-refractivity contribution >= 4 is 0 Å². The highest BCUT2D eigenvalue weighted by Crippen LogP contribution is 2.46. The van der Waals surface area contributed by atoms with E-state index in [0.717, 1.165) is 24.4 Å². The van der Waals surface area contributed by atoms with Crippen LogP contribution >= 0.6 is 0 Å². The Morgan fingerprint density at radius 1 is 1.22 bits per heavy atom. The Hall–Kier alpha value is -0.960. The zero-order valence-electron chi connectivity index (χ0n) is 11.3. The van der Waals surface area contributed by atoms with Crippen LogP contribution < -0.4 is 5.73 Å². The molecule has 2 fully saturated rings. The van der Waals surface area contributed by atoms with Crippen LogP contribution in [0.25, 0.3) is 0 Å². The van der Waals surface area contributed by atoms with Crippen molar-refractivity contribution < 1.29 is 0 Å². The average Bonchev–Trinajstić information content (AvgIpc) is 3.20. The Morgan fingerprint density at radius 3 is 2.56 bits per heavy atom. The van der Waals surface area contributed by atoms with Gasteiger partial charge in [0.15, 0.2) is 0 Å². The van der Waals surface area contributed by atoms with Gasteiger partial charge in [-0.3, -0.25) is 0 Å². The predicted molar refractivity (Wildman–Crippen MR) is 72.6 cm³/mol. The van der Waals surface area contributed by atoms with Gasteiger partial charge in [0.1, 0.15) is 5.82 Å². The van der Waals surface area contributed by atoms with Gasteiger partial charge in [-0.25, -0.2) is 9.97 Å². The van der Waals surface area contributed by atoms with Crippen LogP contribution in [0.4, 0.5) is 0 Å². The van der Waals surface area contributed by atoms with E-state index in [1.165, 1.54) is 37.8 Å². The molecule has 0 unspecified atom stereocenters. The molecule has 0 bridgehead atoms. The normalized spacial score (nSPS) is 23.0. The van der Waals surface area contributed by atoms with E-state index in [9.17, 15) is 0 Å². The second kappa shape index (κ2) is 4.61. The standard InChI is InChI=1S/C15H23N3/c1-11-9-13(12-5-3-2-4-6-12)18-14(17-11)15(10-16)7-8-15/h9,12H,2-8,10,16H2,1H3. The van der Waals surface area contributed by atoms with Gasteiger partial charge in [-0.05, 0) is 38.7 Å². The largest absolute Gasteiger partial charge is 0.329 e. The Kier molecular flexibility index (Phi) is 3.10. The molecule has 0 spiro atoms. The first-order valence-corrected chi connectivity index (χ1v) is 7.30. The van der Waals surface area contributed by atoms with Gasteiger partial charge in [-0.15, -0.1) is 0 Å². The van der Waals surface area contributed by atoms with Gasteiger partial charge >= 0.3 is 0 Å². The van der Waals surface area contributed by atoms with Gasteiger partial charge in [0.25, 0.3) is 0 Å². The molecule has 98 valence electrons. The fourth-order valence-electron chi connectivity index (χ4n) is 3.11. The number of aryl methyl sites for hydroxylation is 1. The second-order valence-electron chi connectivity index (χ2n) is 6.08. The molecule has 0 amide bonds. The third-order valence-corrected chi connectivity index (χ3v) is 4.62. The Balaban J connectivity index is 1.90. The van der Waals surface area contributed by atoms with E-state index in [0.29, 0.717) is 12.5 Å². The molecule has 2 saturated carbocycles. The molecule has 2 aliphatic carbocycles. The van der Waals surface area contributed by atoms with E-state index in [1.54, 1.807) is 0 Å². The molecule has 1 aromatic rings. The summed E-state index contributed by atoms with van der Waals surface area (Å²) in [5.41, 5.74) is 8.41. The van der Waals surface area contributed by atoms with Crippen molar-refractivity contribution in [1.29, 1.82) is 0 Å². The second-order valence-corrected chi connectivity index (χ2v) is 6.08. The molecule has 1 aromatic heterocycles.